The summed E-state index contributed by atoms with van der Waals surface area (Å²) >= 11 is 0. The Hall–Kier alpha value is -3.91. The summed E-state index contributed by atoms with van der Waals surface area (Å²) in [6.07, 6.45) is 3.04. The molecule has 0 aliphatic carbocycles. The van der Waals surface area contributed by atoms with Crippen molar-refractivity contribution >= 4 is 30.6 Å². The summed E-state index contributed by atoms with van der Waals surface area (Å²) in [6, 6.07) is 15.7. The number of hydrogen-bond acceptors (Lipinski definition) is 4. The maximum atomic E-state index is 13.0. The fraction of sp³-hybridized carbons (Fsp3) is 0.321. The van der Waals surface area contributed by atoms with Gasteiger partial charge in [0.2, 0.25) is 0 Å². The molecule has 1 N–H and O–H groups in total. The number of rotatable bonds is 10. The second-order valence-corrected chi connectivity index (χ2v) is 8.42. The Balaban J connectivity index is 2.94. The SMILES string of the molecule is CCCNc1c(C=C(C#N)C#N)cc(/C(=C(C)/C(C)=C(CC)\C(C)=N\B(F)F)c2ccccc2)n1C. The van der Waals surface area contributed by atoms with Gasteiger partial charge in [-0.05, 0) is 68.0 Å². The number of anilines is 1. The Morgan fingerprint density at radius 2 is 1.72 bits per heavy atom. The molecular formula is C28H32BF2N5. The Morgan fingerprint density at radius 1 is 1.08 bits per heavy atom. The van der Waals surface area contributed by atoms with Crippen LogP contribution >= 0.6 is 0 Å². The van der Waals surface area contributed by atoms with E-state index < -0.39 is 7.40 Å². The van der Waals surface area contributed by atoms with Crippen LogP contribution in [0, 0.1) is 22.7 Å². The van der Waals surface area contributed by atoms with Crippen molar-refractivity contribution in [2.24, 2.45) is 12.0 Å². The zero-order valence-electron chi connectivity index (χ0n) is 21.8. The number of nitriles is 2. The van der Waals surface area contributed by atoms with Gasteiger partial charge in [-0.2, -0.15) is 10.5 Å². The van der Waals surface area contributed by atoms with E-state index in [9.17, 15) is 19.2 Å². The van der Waals surface area contributed by atoms with Crippen molar-refractivity contribution in [3.05, 3.63) is 75.5 Å². The fourth-order valence-corrected chi connectivity index (χ4v) is 4.28. The van der Waals surface area contributed by atoms with Crippen LogP contribution in [0.1, 0.15) is 64.3 Å². The van der Waals surface area contributed by atoms with Crippen molar-refractivity contribution in [3.63, 3.8) is 0 Å². The Labute approximate surface area is 213 Å². The molecule has 2 rings (SSSR count). The van der Waals surface area contributed by atoms with E-state index in [2.05, 4.69) is 17.1 Å². The van der Waals surface area contributed by atoms with E-state index in [0.717, 1.165) is 57.9 Å². The van der Waals surface area contributed by atoms with Crippen molar-refractivity contribution in [1.82, 2.24) is 4.57 Å². The third kappa shape index (κ3) is 6.61. The van der Waals surface area contributed by atoms with E-state index in [1.807, 2.05) is 80.9 Å². The van der Waals surface area contributed by atoms with Crippen molar-refractivity contribution in [3.8, 4) is 12.1 Å². The number of nitrogens with zero attached hydrogens (tertiary/aromatic N) is 4. The molecule has 0 fully saturated rings. The first-order chi connectivity index (χ1) is 17.2. The van der Waals surface area contributed by atoms with Gasteiger partial charge in [-0.3, -0.25) is 13.5 Å². The number of benzene rings is 1. The van der Waals surface area contributed by atoms with Crippen LogP contribution in [-0.2, 0) is 7.05 Å². The molecule has 1 aromatic heterocycles. The molecular weight excluding hydrogens is 455 g/mol. The van der Waals surface area contributed by atoms with Gasteiger partial charge >= 0.3 is 7.40 Å². The number of allylic oxidation sites excluding steroid dienone is 4. The lowest BCUT2D eigenvalue weighted by Gasteiger charge is -2.19. The molecule has 0 aliphatic rings. The summed E-state index contributed by atoms with van der Waals surface area (Å²) in [5.74, 6) is 0.795. The molecule has 0 aliphatic heterocycles. The van der Waals surface area contributed by atoms with E-state index in [1.54, 1.807) is 13.0 Å². The molecule has 0 saturated carbocycles. The highest BCUT2D eigenvalue weighted by Gasteiger charge is 2.21. The smallest absolute Gasteiger partial charge is 0.371 e. The Morgan fingerprint density at radius 3 is 2.25 bits per heavy atom. The van der Waals surface area contributed by atoms with E-state index >= 15 is 0 Å². The predicted molar refractivity (Wildman–Crippen MR) is 146 cm³/mol. The van der Waals surface area contributed by atoms with Gasteiger partial charge in [0, 0.05) is 30.4 Å². The van der Waals surface area contributed by atoms with Gasteiger partial charge in [0.05, 0.1) is 5.69 Å². The van der Waals surface area contributed by atoms with Crippen molar-refractivity contribution in [1.29, 1.82) is 10.5 Å². The summed E-state index contributed by atoms with van der Waals surface area (Å²) in [6.45, 7) is 10.3. The van der Waals surface area contributed by atoms with Gasteiger partial charge in [-0.25, -0.2) is 0 Å². The predicted octanol–water partition coefficient (Wildman–Crippen LogP) is 7.21. The van der Waals surface area contributed by atoms with Gasteiger partial charge < -0.3 is 9.88 Å². The van der Waals surface area contributed by atoms with Crippen LogP contribution in [0.2, 0.25) is 0 Å². The molecule has 0 unspecified atom stereocenters. The summed E-state index contributed by atoms with van der Waals surface area (Å²) in [7, 11) is -0.830. The van der Waals surface area contributed by atoms with Gasteiger partial charge in [0.15, 0.2) is 0 Å². The molecule has 2 aromatic rings. The molecule has 5 nitrogen and oxygen atoms in total. The van der Waals surface area contributed by atoms with E-state index in [0.29, 0.717) is 12.1 Å². The highest BCUT2D eigenvalue weighted by molar-refractivity contribution is 6.43. The largest absolute Gasteiger partial charge is 0.692 e. The summed E-state index contributed by atoms with van der Waals surface area (Å²) in [4.78, 5) is 3.50. The lowest BCUT2D eigenvalue weighted by Crippen LogP contribution is -2.09. The standard InChI is InChI=1S/C28H32BF2N5/c1-7-14-34-28-24(15-22(17-32)18-33)16-26(36(28)6)27(23-12-10-9-11-13-23)20(4)19(3)25(8-2)21(5)35-29(30)31/h9-13,15-16,34H,7-8,14H2,1-6H3/b25-19-,27-20+,35-21+. The van der Waals surface area contributed by atoms with E-state index in [4.69, 9.17) is 0 Å². The molecule has 0 spiro atoms. The molecule has 0 saturated heterocycles. The van der Waals surface area contributed by atoms with Crippen molar-refractivity contribution < 1.29 is 8.63 Å². The number of hydrogen-bond donors (Lipinski definition) is 1. The van der Waals surface area contributed by atoms with Crippen LogP contribution in [-0.4, -0.2) is 24.2 Å². The number of aromatic nitrogens is 1. The summed E-state index contributed by atoms with van der Waals surface area (Å²) < 4.78 is 28.0. The quantitative estimate of drug-likeness (QED) is 0.167. The van der Waals surface area contributed by atoms with Crippen LogP contribution in [0.4, 0.5) is 14.4 Å². The fourth-order valence-electron chi connectivity index (χ4n) is 4.28. The topological polar surface area (TPSA) is 76.9 Å². The molecule has 36 heavy (non-hydrogen) atoms. The van der Waals surface area contributed by atoms with Crippen LogP contribution in [0.25, 0.3) is 11.6 Å². The first-order valence-corrected chi connectivity index (χ1v) is 11.9. The van der Waals surface area contributed by atoms with Gasteiger partial charge in [0.25, 0.3) is 0 Å². The van der Waals surface area contributed by atoms with Gasteiger partial charge in [-0.15, -0.1) is 0 Å². The molecule has 0 radical (unpaired) electrons. The van der Waals surface area contributed by atoms with Crippen LogP contribution in [0.3, 0.4) is 0 Å². The molecule has 1 heterocycles. The minimum atomic E-state index is -2.76. The minimum absolute atomic E-state index is 0.0110. The minimum Gasteiger partial charge on any atom is -0.371 e. The third-order valence-electron chi connectivity index (χ3n) is 6.14. The van der Waals surface area contributed by atoms with Gasteiger partial charge in [0.1, 0.15) is 23.5 Å². The van der Waals surface area contributed by atoms with Crippen LogP contribution in [0.15, 0.2) is 63.6 Å². The first kappa shape index (κ1) is 28.3. The summed E-state index contributed by atoms with van der Waals surface area (Å²) in [5.41, 5.74) is 6.42. The Bertz CT molecular complexity index is 1270. The number of nitrogens with one attached hydrogen (secondary N) is 1. The number of halogens is 2. The maximum absolute atomic E-state index is 13.0. The van der Waals surface area contributed by atoms with Crippen molar-refractivity contribution in [2.45, 2.75) is 47.5 Å². The Kier molecular flexibility index (Phi) is 10.4. The monoisotopic (exact) mass is 487 g/mol. The van der Waals surface area contributed by atoms with Crippen molar-refractivity contribution in [2.75, 3.05) is 11.9 Å². The zero-order valence-corrected chi connectivity index (χ0v) is 21.8. The molecule has 1 aromatic carbocycles. The molecule has 186 valence electrons. The zero-order chi connectivity index (χ0) is 26.8. The lowest BCUT2D eigenvalue weighted by molar-refractivity contribution is 0.662. The highest BCUT2D eigenvalue weighted by atomic mass is 19.2. The van der Waals surface area contributed by atoms with E-state index in [-0.39, 0.29) is 5.57 Å². The van der Waals surface area contributed by atoms with E-state index in [1.165, 1.54) is 0 Å². The lowest BCUT2D eigenvalue weighted by atomic mass is 9.89. The van der Waals surface area contributed by atoms with Crippen LogP contribution in [0.5, 0.6) is 0 Å². The average molecular weight is 487 g/mol. The van der Waals surface area contributed by atoms with Crippen LogP contribution < -0.4 is 5.32 Å². The summed E-state index contributed by atoms with van der Waals surface area (Å²) in [5, 5.41) is 22.1. The normalized spacial score (nSPS) is 12.7. The molecule has 0 atom stereocenters. The average Bonchev–Trinajstić information content (AvgIpc) is 3.16. The molecule has 0 amide bonds. The maximum Gasteiger partial charge on any atom is 0.692 e. The third-order valence-corrected chi connectivity index (χ3v) is 6.14. The second kappa shape index (κ2) is 13.3. The highest BCUT2D eigenvalue weighted by Crippen LogP contribution is 2.36. The first-order valence-electron chi connectivity index (χ1n) is 11.9. The molecule has 8 heteroatoms. The second-order valence-electron chi connectivity index (χ2n) is 8.42. The molecule has 0 bridgehead atoms. The van der Waals surface area contributed by atoms with Gasteiger partial charge in [-0.1, -0.05) is 44.2 Å².